The topological polar surface area (TPSA) is 9.23 Å². The van der Waals surface area contributed by atoms with Crippen LogP contribution in [0.2, 0.25) is 0 Å². The molecule has 0 aromatic heterocycles. The van der Waals surface area contributed by atoms with Gasteiger partial charge in [-0.1, -0.05) is 28.1 Å². The van der Waals surface area contributed by atoms with Crippen LogP contribution in [0.5, 0.6) is 0 Å². The number of hydrogen-bond acceptors (Lipinski definition) is 1. The molecular formula is C8H8BrOP. The fourth-order valence-corrected chi connectivity index (χ4v) is 2.48. The first kappa shape index (κ1) is 7.72. The van der Waals surface area contributed by atoms with E-state index in [1.165, 1.54) is 5.30 Å². The number of halogens is 1. The summed E-state index contributed by atoms with van der Waals surface area (Å²) in [6.45, 7) is 0. The Bertz CT molecular complexity index is 243. The lowest BCUT2D eigenvalue weighted by Crippen LogP contribution is -2.17. The van der Waals surface area contributed by atoms with Crippen molar-refractivity contribution in [2.45, 2.75) is 0 Å². The highest BCUT2D eigenvalue weighted by molar-refractivity contribution is 9.10. The van der Waals surface area contributed by atoms with Crippen LogP contribution >= 0.6 is 23.9 Å². The summed E-state index contributed by atoms with van der Waals surface area (Å²) in [6.07, 6.45) is 1.91. The summed E-state index contributed by atoms with van der Waals surface area (Å²) in [4.78, 5) is 0. The lowest BCUT2D eigenvalue weighted by Gasteiger charge is -2.26. The maximum Gasteiger partial charge on any atom is 0.0728 e. The van der Waals surface area contributed by atoms with Crippen molar-refractivity contribution in [3.05, 3.63) is 28.7 Å². The monoisotopic (exact) mass is 230 g/mol. The van der Waals surface area contributed by atoms with E-state index in [0.29, 0.717) is 0 Å². The van der Waals surface area contributed by atoms with Gasteiger partial charge in [-0.25, -0.2) is 0 Å². The van der Waals surface area contributed by atoms with Crippen molar-refractivity contribution < 1.29 is 4.74 Å². The zero-order chi connectivity index (χ0) is 7.68. The highest BCUT2D eigenvalue weighted by atomic mass is 79.9. The van der Waals surface area contributed by atoms with Crippen LogP contribution in [0.3, 0.4) is 0 Å². The molecule has 1 nitrogen and oxygen atoms in total. The zero-order valence-corrected chi connectivity index (χ0v) is 8.44. The minimum atomic E-state index is 0.0517. The van der Waals surface area contributed by atoms with Gasteiger partial charge in [0, 0.05) is 4.47 Å². The van der Waals surface area contributed by atoms with E-state index in [1.807, 2.05) is 0 Å². The van der Waals surface area contributed by atoms with E-state index in [9.17, 15) is 0 Å². The van der Waals surface area contributed by atoms with Gasteiger partial charge in [0.2, 0.25) is 0 Å². The summed E-state index contributed by atoms with van der Waals surface area (Å²) in [6, 6.07) is 8.54. The number of hydrogen-bond donors (Lipinski definition) is 0. The smallest absolute Gasteiger partial charge is 0.0728 e. The molecule has 1 fully saturated rings. The van der Waals surface area contributed by atoms with E-state index in [1.54, 1.807) is 0 Å². The second-order valence-electron chi connectivity index (χ2n) is 2.48. The first-order chi connectivity index (χ1) is 5.36. The molecule has 1 aromatic carbocycles. The zero-order valence-electron chi connectivity index (χ0n) is 5.96. The van der Waals surface area contributed by atoms with Gasteiger partial charge in [-0.3, -0.25) is 0 Å². The van der Waals surface area contributed by atoms with Crippen LogP contribution in [0.4, 0.5) is 0 Å². The molecule has 1 aromatic rings. The van der Waals surface area contributed by atoms with E-state index < -0.39 is 0 Å². The molecule has 0 N–H and O–H groups in total. The largest absolute Gasteiger partial charge is 0.372 e. The van der Waals surface area contributed by atoms with E-state index in [2.05, 4.69) is 40.2 Å². The second-order valence-corrected chi connectivity index (χ2v) is 5.51. The van der Waals surface area contributed by atoms with Gasteiger partial charge in [0.25, 0.3) is 0 Å². The van der Waals surface area contributed by atoms with Gasteiger partial charge < -0.3 is 4.74 Å². The summed E-state index contributed by atoms with van der Waals surface area (Å²) in [5.41, 5.74) is 0. The van der Waals surface area contributed by atoms with Crippen molar-refractivity contribution in [3.63, 3.8) is 0 Å². The molecule has 0 bridgehead atoms. The maximum atomic E-state index is 5.14. The Morgan fingerprint density at radius 3 is 2.27 bits per heavy atom. The quantitative estimate of drug-likeness (QED) is 0.674. The van der Waals surface area contributed by atoms with Gasteiger partial charge in [-0.05, 0) is 25.4 Å². The van der Waals surface area contributed by atoms with Crippen LogP contribution in [-0.4, -0.2) is 12.7 Å². The van der Waals surface area contributed by atoms with E-state index in [4.69, 9.17) is 4.74 Å². The highest BCUT2D eigenvalue weighted by Crippen LogP contribution is 2.42. The summed E-state index contributed by atoms with van der Waals surface area (Å²) in [5.74, 6) is 0. The Hall–Kier alpha value is 0.0900. The maximum absolute atomic E-state index is 5.14. The fourth-order valence-electron chi connectivity index (χ4n) is 0.984. The van der Waals surface area contributed by atoms with Crippen LogP contribution < -0.4 is 5.30 Å². The fraction of sp³-hybridized carbons (Fsp3) is 0.250. The molecule has 0 unspecified atom stereocenters. The highest BCUT2D eigenvalue weighted by Gasteiger charge is 2.18. The van der Waals surface area contributed by atoms with Crippen LogP contribution in [0.25, 0.3) is 0 Å². The molecule has 0 amide bonds. The Kier molecular flexibility index (Phi) is 2.26. The molecule has 2 rings (SSSR count). The van der Waals surface area contributed by atoms with Crippen LogP contribution in [0, 0.1) is 0 Å². The Morgan fingerprint density at radius 1 is 1.18 bits per heavy atom. The number of benzene rings is 1. The van der Waals surface area contributed by atoms with E-state index >= 15 is 0 Å². The van der Waals surface area contributed by atoms with Crippen molar-refractivity contribution in [2.75, 3.05) is 12.7 Å². The molecule has 0 spiro atoms. The minimum Gasteiger partial charge on any atom is -0.372 e. The van der Waals surface area contributed by atoms with Gasteiger partial charge in [0.05, 0.1) is 12.7 Å². The summed E-state index contributed by atoms with van der Waals surface area (Å²) >= 11 is 3.41. The molecular weight excluding hydrogens is 223 g/mol. The molecule has 0 aliphatic carbocycles. The van der Waals surface area contributed by atoms with E-state index in [-0.39, 0.29) is 7.92 Å². The van der Waals surface area contributed by atoms with Gasteiger partial charge in [0.1, 0.15) is 0 Å². The molecule has 0 radical (unpaired) electrons. The SMILES string of the molecule is Brc1ccc(P2COC2)cc1. The van der Waals surface area contributed by atoms with Crippen molar-refractivity contribution in [1.82, 2.24) is 0 Å². The van der Waals surface area contributed by atoms with Gasteiger partial charge >= 0.3 is 0 Å². The van der Waals surface area contributed by atoms with Crippen LogP contribution in [-0.2, 0) is 4.74 Å². The molecule has 0 saturated carbocycles. The number of ether oxygens (including phenoxy) is 1. The first-order valence-electron chi connectivity index (χ1n) is 3.44. The van der Waals surface area contributed by atoms with Gasteiger partial charge in [-0.2, -0.15) is 0 Å². The minimum absolute atomic E-state index is 0.0517. The summed E-state index contributed by atoms with van der Waals surface area (Å²) in [7, 11) is 0.0517. The molecule has 58 valence electrons. The van der Waals surface area contributed by atoms with Crippen LogP contribution in [0.15, 0.2) is 28.7 Å². The Balaban J connectivity index is 2.18. The summed E-state index contributed by atoms with van der Waals surface area (Å²) in [5, 5.41) is 1.45. The van der Waals surface area contributed by atoms with Crippen molar-refractivity contribution in [3.8, 4) is 0 Å². The second kappa shape index (κ2) is 3.22. The molecule has 1 saturated heterocycles. The summed E-state index contributed by atoms with van der Waals surface area (Å²) < 4.78 is 6.29. The molecule has 1 heterocycles. The third kappa shape index (κ3) is 1.64. The van der Waals surface area contributed by atoms with Crippen molar-refractivity contribution >= 4 is 29.2 Å². The average Bonchev–Trinajstić information content (AvgIpc) is 1.90. The normalized spacial score (nSPS) is 17.9. The molecule has 11 heavy (non-hydrogen) atoms. The molecule has 1 aliphatic rings. The standard InChI is InChI=1S/C8H8BrOP/c9-7-1-3-8(4-2-7)11-5-10-6-11/h1-4H,5-6H2. The van der Waals surface area contributed by atoms with Gasteiger partial charge in [-0.15, -0.1) is 0 Å². The number of rotatable bonds is 1. The predicted molar refractivity (Wildman–Crippen MR) is 51.5 cm³/mol. The molecule has 1 aliphatic heterocycles. The predicted octanol–water partition coefficient (Wildman–Crippen LogP) is 2.50. The molecule has 0 atom stereocenters. The van der Waals surface area contributed by atoms with Crippen LogP contribution in [0.1, 0.15) is 0 Å². The van der Waals surface area contributed by atoms with Crippen molar-refractivity contribution in [1.29, 1.82) is 0 Å². The van der Waals surface area contributed by atoms with E-state index in [0.717, 1.165) is 17.2 Å². The van der Waals surface area contributed by atoms with Crippen molar-refractivity contribution in [2.24, 2.45) is 0 Å². The lowest BCUT2D eigenvalue weighted by molar-refractivity contribution is 0.195. The Labute approximate surface area is 75.6 Å². The van der Waals surface area contributed by atoms with Gasteiger partial charge in [0.15, 0.2) is 0 Å². The first-order valence-corrected chi connectivity index (χ1v) is 5.95. The Morgan fingerprint density at radius 2 is 1.82 bits per heavy atom. The third-order valence-corrected chi connectivity index (χ3v) is 4.23. The lowest BCUT2D eigenvalue weighted by atomic mass is 10.4. The third-order valence-electron chi connectivity index (χ3n) is 1.69. The average molecular weight is 231 g/mol. The molecule has 3 heteroatoms.